The lowest BCUT2D eigenvalue weighted by Crippen LogP contribution is -2.41. The average Bonchev–Trinajstić information content (AvgIpc) is 2.94. The Bertz CT molecular complexity index is 436. The van der Waals surface area contributed by atoms with Crippen molar-refractivity contribution in [2.75, 3.05) is 13.3 Å². The van der Waals surface area contributed by atoms with Crippen molar-refractivity contribution >= 4 is 0 Å². The van der Waals surface area contributed by atoms with Crippen molar-refractivity contribution in [2.45, 2.75) is 38.3 Å². The Morgan fingerprint density at radius 1 is 1.21 bits per heavy atom. The molecule has 1 fully saturated rings. The molecular formula is C15H22N2O2. The van der Waals surface area contributed by atoms with E-state index in [2.05, 4.69) is 11.4 Å². The van der Waals surface area contributed by atoms with Crippen molar-refractivity contribution in [1.82, 2.24) is 5.32 Å². The summed E-state index contributed by atoms with van der Waals surface area (Å²) in [6.45, 7) is 1.94. The van der Waals surface area contributed by atoms with E-state index in [4.69, 9.17) is 15.2 Å². The van der Waals surface area contributed by atoms with Gasteiger partial charge in [-0.05, 0) is 31.4 Å². The zero-order valence-corrected chi connectivity index (χ0v) is 11.2. The number of rotatable bonds is 4. The second kappa shape index (κ2) is 5.80. The van der Waals surface area contributed by atoms with Gasteiger partial charge in [0.05, 0.1) is 0 Å². The number of ether oxygens (including phenoxy) is 2. The molecule has 0 bridgehead atoms. The first-order valence-electron chi connectivity index (χ1n) is 7.19. The second-order valence-corrected chi connectivity index (χ2v) is 5.42. The van der Waals surface area contributed by atoms with E-state index in [-0.39, 0.29) is 0 Å². The standard InChI is InChI=1S/C15H22N2O2/c16-8-11-4-1-2-6-13(11)17-9-12-5-3-7-14-15(12)19-10-18-14/h3,5,7,11,13,17H,1-2,4,6,8-10,16H2. The van der Waals surface area contributed by atoms with Gasteiger partial charge in [-0.3, -0.25) is 0 Å². The molecule has 3 N–H and O–H groups in total. The lowest BCUT2D eigenvalue weighted by Gasteiger charge is -2.31. The second-order valence-electron chi connectivity index (χ2n) is 5.42. The molecule has 2 unspecified atom stereocenters. The zero-order chi connectivity index (χ0) is 13.1. The summed E-state index contributed by atoms with van der Waals surface area (Å²) in [4.78, 5) is 0. The molecule has 0 radical (unpaired) electrons. The molecule has 1 aromatic carbocycles. The predicted octanol–water partition coefficient (Wildman–Crippen LogP) is 2.02. The van der Waals surface area contributed by atoms with Gasteiger partial charge in [0.2, 0.25) is 6.79 Å². The third-order valence-electron chi connectivity index (χ3n) is 4.24. The van der Waals surface area contributed by atoms with Crippen molar-refractivity contribution in [3.63, 3.8) is 0 Å². The Morgan fingerprint density at radius 3 is 3.00 bits per heavy atom. The molecule has 1 aliphatic heterocycles. The van der Waals surface area contributed by atoms with Crippen molar-refractivity contribution in [3.8, 4) is 11.5 Å². The molecule has 0 aromatic heterocycles. The smallest absolute Gasteiger partial charge is 0.231 e. The Labute approximate surface area is 114 Å². The third kappa shape index (κ3) is 2.69. The van der Waals surface area contributed by atoms with Gasteiger partial charge in [-0.25, -0.2) is 0 Å². The molecule has 3 rings (SSSR count). The van der Waals surface area contributed by atoms with Gasteiger partial charge < -0.3 is 20.5 Å². The first-order chi connectivity index (χ1) is 9.38. The van der Waals surface area contributed by atoms with Gasteiger partial charge in [-0.2, -0.15) is 0 Å². The lowest BCUT2D eigenvalue weighted by atomic mass is 9.84. The number of nitrogens with one attached hydrogen (secondary N) is 1. The molecule has 19 heavy (non-hydrogen) atoms. The van der Waals surface area contributed by atoms with E-state index in [1.807, 2.05) is 12.1 Å². The van der Waals surface area contributed by atoms with Gasteiger partial charge in [0.15, 0.2) is 11.5 Å². The molecule has 4 heteroatoms. The van der Waals surface area contributed by atoms with E-state index in [0.717, 1.165) is 24.6 Å². The van der Waals surface area contributed by atoms with Gasteiger partial charge in [-0.15, -0.1) is 0 Å². The quantitative estimate of drug-likeness (QED) is 0.871. The molecule has 1 saturated carbocycles. The van der Waals surface area contributed by atoms with Crippen LogP contribution in [-0.2, 0) is 6.54 Å². The van der Waals surface area contributed by atoms with E-state index in [1.165, 1.54) is 31.2 Å². The van der Waals surface area contributed by atoms with Crippen LogP contribution >= 0.6 is 0 Å². The normalized spacial score (nSPS) is 25.5. The highest BCUT2D eigenvalue weighted by atomic mass is 16.7. The summed E-state index contributed by atoms with van der Waals surface area (Å²) < 4.78 is 10.9. The first kappa shape index (κ1) is 12.8. The molecule has 1 aliphatic carbocycles. The lowest BCUT2D eigenvalue weighted by molar-refractivity contribution is 0.173. The van der Waals surface area contributed by atoms with Crippen LogP contribution in [0.5, 0.6) is 11.5 Å². The van der Waals surface area contributed by atoms with Crippen LogP contribution in [0.3, 0.4) is 0 Å². The molecule has 0 saturated heterocycles. The number of benzene rings is 1. The predicted molar refractivity (Wildman–Crippen MR) is 74.2 cm³/mol. The molecule has 4 nitrogen and oxygen atoms in total. The topological polar surface area (TPSA) is 56.5 Å². The highest BCUT2D eigenvalue weighted by molar-refractivity contribution is 5.48. The minimum absolute atomic E-state index is 0.335. The number of para-hydroxylation sites is 1. The van der Waals surface area contributed by atoms with E-state index in [9.17, 15) is 0 Å². The highest BCUT2D eigenvalue weighted by Gasteiger charge is 2.24. The third-order valence-corrected chi connectivity index (χ3v) is 4.24. The highest BCUT2D eigenvalue weighted by Crippen LogP contribution is 2.35. The van der Waals surface area contributed by atoms with Crippen LogP contribution < -0.4 is 20.5 Å². The Kier molecular flexibility index (Phi) is 3.89. The van der Waals surface area contributed by atoms with Crippen molar-refractivity contribution in [3.05, 3.63) is 23.8 Å². The fourth-order valence-corrected chi connectivity index (χ4v) is 3.13. The summed E-state index contributed by atoms with van der Waals surface area (Å²) in [6.07, 6.45) is 5.10. The van der Waals surface area contributed by atoms with Crippen LogP contribution in [0.2, 0.25) is 0 Å². The van der Waals surface area contributed by atoms with Crippen LogP contribution in [0.15, 0.2) is 18.2 Å². The Balaban J connectivity index is 1.64. The maximum atomic E-state index is 5.87. The summed E-state index contributed by atoms with van der Waals surface area (Å²) in [5, 5.41) is 3.65. The summed E-state index contributed by atoms with van der Waals surface area (Å²) in [6, 6.07) is 6.61. The van der Waals surface area contributed by atoms with Gasteiger partial charge in [0.25, 0.3) is 0 Å². The van der Waals surface area contributed by atoms with Crippen LogP contribution in [0.1, 0.15) is 31.2 Å². The fraction of sp³-hybridized carbons (Fsp3) is 0.600. The number of fused-ring (bicyclic) bond motifs is 1. The minimum atomic E-state index is 0.335. The maximum absolute atomic E-state index is 5.87. The maximum Gasteiger partial charge on any atom is 0.231 e. The van der Waals surface area contributed by atoms with Gasteiger partial charge >= 0.3 is 0 Å². The summed E-state index contributed by atoms with van der Waals surface area (Å²) in [5.41, 5.74) is 7.05. The molecule has 0 amide bonds. The molecule has 104 valence electrons. The van der Waals surface area contributed by atoms with Crippen LogP contribution in [0, 0.1) is 5.92 Å². The molecule has 1 aromatic rings. The number of hydrogen-bond donors (Lipinski definition) is 2. The molecule has 1 heterocycles. The summed E-state index contributed by atoms with van der Waals surface area (Å²) in [7, 11) is 0. The summed E-state index contributed by atoms with van der Waals surface area (Å²) in [5.74, 6) is 2.37. The zero-order valence-electron chi connectivity index (χ0n) is 11.2. The van der Waals surface area contributed by atoms with Gasteiger partial charge in [0, 0.05) is 18.2 Å². The molecule has 0 spiro atoms. The first-order valence-corrected chi connectivity index (χ1v) is 7.19. The van der Waals surface area contributed by atoms with E-state index >= 15 is 0 Å². The summed E-state index contributed by atoms with van der Waals surface area (Å²) >= 11 is 0. The van der Waals surface area contributed by atoms with Gasteiger partial charge in [0.1, 0.15) is 0 Å². The van der Waals surface area contributed by atoms with Crippen molar-refractivity contribution in [2.24, 2.45) is 11.7 Å². The molecular weight excluding hydrogens is 240 g/mol. The van der Waals surface area contributed by atoms with E-state index < -0.39 is 0 Å². The van der Waals surface area contributed by atoms with E-state index in [0.29, 0.717) is 18.8 Å². The largest absolute Gasteiger partial charge is 0.454 e. The molecule has 2 atom stereocenters. The van der Waals surface area contributed by atoms with Crippen molar-refractivity contribution < 1.29 is 9.47 Å². The SMILES string of the molecule is NCC1CCCCC1NCc1cccc2c1OCO2. The van der Waals surface area contributed by atoms with E-state index in [1.54, 1.807) is 0 Å². The Morgan fingerprint density at radius 2 is 2.11 bits per heavy atom. The Hall–Kier alpha value is -1.26. The van der Waals surface area contributed by atoms with Crippen LogP contribution in [0.4, 0.5) is 0 Å². The van der Waals surface area contributed by atoms with Crippen LogP contribution in [-0.4, -0.2) is 19.4 Å². The molecule has 2 aliphatic rings. The van der Waals surface area contributed by atoms with Crippen LogP contribution in [0.25, 0.3) is 0 Å². The van der Waals surface area contributed by atoms with Crippen molar-refractivity contribution in [1.29, 1.82) is 0 Å². The number of hydrogen-bond acceptors (Lipinski definition) is 4. The fourth-order valence-electron chi connectivity index (χ4n) is 3.13. The minimum Gasteiger partial charge on any atom is -0.454 e. The number of nitrogens with two attached hydrogens (primary N) is 1. The monoisotopic (exact) mass is 262 g/mol. The van der Waals surface area contributed by atoms with Gasteiger partial charge in [-0.1, -0.05) is 25.0 Å². The average molecular weight is 262 g/mol.